The van der Waals surface area contributed by atoms with Crippen LogP contribution in [0.1, 0.15) is 5.56 Å². The van der Waals surface area contributed by atoms with Gasteiger partial charge in [0.1, 0.15) is 0 Å². The van der Waals surface area contributed by atoms with E-state index >= 15 is 0 Å². The lowest BCUT2D eigenvalue weighted by Gasteiger charge is -2.18. The van der Waals surface area contributed by atoms with Crippen molar-refractivity contribution >= 4 is 11.8 Å². The van der Waals surface area contributed by atoms with Gasteiger partial charge < -0.3 is 0 Å². The van der Waals surface area contributed by atoms with Crippen LogP contribution in [0.2, 0.25) is 0 Å². The standard InChI is InChI=1S/C11H14F3NS/c1-15(8-11(12,13)14)7-9-3-5-10(16-2)6-4-9/h3-6H,7-8H2,1-2H3. The predicted octanol–water partition coefficient (Wildman–Crippen LogP) is 3.40. The largest absolute Gasteiger partial charge is 0.401 e. The number of benzene rings is 1. The molecule has 0 bridgehead atoms. The van der Waals surface area contributed by atoms with E-state index in [1.807, 2.05) is 30.5 Å². The molecule has 0 spiro atoms. The summed E-state index contributed by atoms with van der Waals surface area (Å²) in [6.07, 6.45) is -2.17. The molecule has 0 N–H and O–H groups in total. The summed E-state index contributed by atoms with van der Waals surface area (Å²) < 4.78 is 36.2. The molecule has 0 aromatic heterocycles. The predicted molar refractivity (Wildman–Crippen MR) is 60.6 cm³/mol. The van der Waals surface area contributed by atoms with Crippen LogP contribution in [0.4, 0.5) is 13.2 Å². The second kappa shape index (κ2) is 5.59. The number of hydrogen-bond donors (Lipinski definition) is 0. The Bertz CT molecular complexity index is 321. The van der Waals surface area contributed by atoms with Gasteiger partial charge in [-0.1, -0.05) is 12.1 Å². The number of halogens is 3. The number of nitrogens with zero attached hydrogens (tertiary/aromatic N) is 1. The average molecular weight is 249 g/mol. The molecule has 0 saturated heterocycles. The normalized spacial score (nSPS) is 12.1. The van der Waals surface area contributed by atoms with E-state index in [4.69, 9.17) is 0 Å². The van der Waals surface area contributed by atoms with E-state index in [1.54, 1.807) is 11.8 Å². The topological polar surface area (TPSA) is 3.24 Å². The van der Waals surface area contributed by atoms with Crippen molar-refractivity contribution in [2.24, 2.45) is 0 Å². The Hall–Kier alpha value is -0.680. The van der Waals surface area contributed by atoms with E-state index in [9.17, 15) is 13.2 Å². The quantitative estimate of drug-likeness (QED) is 0.752. The van der Waals surface area contributed by atoms with Gasteiger partial charge in [-0.3, -0.25) is 4.90 Å². The van der Waals surface area contributed by atoms with Crippen LogP contribution < -0.4 is 0 Å². The molecule has 1 rings (SSSR count). The summed E-state index contributed by atoms with van der Waals surface area (Å²) in [5.41, 5.74) is 0.893. The van der Waals surface area contributed by atoms with Gasteiger partial charge in [0, 0.05) is 11.4 Å². The van der Waals surface area contributed by atoms with Crippen molar-refractivity contribution in [3.05, 3.63) is 29.8 Å². The molecule has 0 amide bonds. The van der Waals surface area contributed by atoms with Crippen molar-refractivity contribution in [1.82, 2.24) is 4.90 Å². The van der Waals surface area contributed by atoms with Gasteiger partial charge in [0.15, 0.2) is 0 Å². The maximum absolute atomic E-state index is 12.1. The highest BCUT2D eigenvalue weighted by atomic mass is 32.2. The first-order chi connectivity index (χ1) is 7.40. The molecule has 0 radical (unpaired) electrons. The Morgan fingerprint density at radius 2 is 1.75 bits per heavy atom. The van der Waals surface area contributed by atoms with Gasteiger partial charge in [-0.15, -0.1) is 11.8 Å². The molecule has 90 valence electrons. The summed E-state index contributed by atoms with van der Waals surface area (Å²) in [6, 6.07) is 7.56. The zero-order valence-electron chi connectivity index (χ0n) is 9.21. The van der Waals surface area contributed by atoms with Crippen LogP contribution in [0.15, 0.2) is 29.2 Å². The summed E-state index contributed by atoms with van der Waals surface area (Å²) in [4.78, 5) is 2.37. The molecule has 0 atom stereocenters. The third-order valence-corrected chi connectivity index (χ3v) is 2.80. The smallest absolute Gasteiger partial charge is 0.294 e. The highest BCUT2D eigenvalue weighted by Gasteiger charge is 2.28. The zero-order valence-corrected chi connectivity index (χ0v) is 10.0. The van der Waals surface area contributed by atoms with E-state index < -0.39 is 12.7 Å². The number of thioether (sulfide) groups is 1. The van der Waals surface area contributed by atoms with Gasteiger partial charge in [0.05, 0.1) is 6.54 Å². The summed E-state index contributed by atoms with van der Waals surface area (Å²) in [7, 11) is 1.47. The molecule has 5 heteroatoms. The third kappa shape index (κ3) is 4.90. The molecule has 0 fully saturated rings. The van der Waals surface area contributed by atoms with Crippen molar-refractivity contribution in [2.75, 3.05) is 19.8 Å². The summed E-state index contributed by atoms with van der Waals surface area (Å²) in [5.74, 6) is 0. The van der Waals surface area contributed by atoms with E-state index in [-0.39, 0.29) is 0 Å². The highest BCUT2D eigenvalue weighted by Crippen LogP contribution is 2.18. The van der Waals surface area contributed by atoms with Crippen LogP contribution in [-0.4, -0.2) is 30.9 Å². The van der Waals surface area contributed by atoms with Crippen molar-refractivity contribution in [2.45, 2.75) is 17.6 Å². The molecule has 0 unspecified atom stereocenters. The van der Waals surface area contributed by atoms with Crippen LogP contribution in [0.25, 0.3) is 0 Å². The second-order valence-electron chi connectivity index (χ2n) is 3.64. The van der Waals surface area contributed by atoms with Crippen LogP contribution in [0.3, 0.4) is 0 Å². The monoisotopic (exact) mass is 249 g/mol. The Balaban J connectivity index is 2.53. The molecule has 0 heterocycles. The van der Waals surface area contributed by atoms with Gasteiger partial charge in [0.25, 0.3) is 0 Å². The molecular formula is C11H14F3NS. The van der Waals surface area contributed by atoms with Crippen LogP contribution in [0.5, 0.6) is 0 Å². The van der Waals surface area contributed by atoms with E-state index in [0.717, 1.165) is 10.5 Å². The summed E-state index contributed by atoms with van der Waals surface area (Å²) >= 11 is 1.61. The maximum atomic E-state index is 12.1. The first-order valence-corrected chi connectivity index (χ1v) is 6.01. The fourth-order valence-electron chi connectivity index (χ4n) is 1.40. The maximum Gasteiger partial charge on any atom is 0.401 e. The molecule has 0 saturated carbocycles. The first-order valence-electron chi connectivity index (χ1n) is 4.79. The number of alkyl halides is 3. The molecule has 0 aliphatic carbocycles. The second-order valence-corrected chi connectivity index (χ2v) is 4.52. The Morgan fingerprint density at radius 1 is 1.19 bits per heavy atom. The third-order valence-electron chi connectivity index (χ3n) is 2.06. The van der Waals surface area contributed by atoms with Crippen molar-refractivity contribution in [3.8, 4) is 0 Å². The summed E-state index contributed by atoms with van der Waals surface area (Å²) in [6.45, 7) is -0.564. The summed E-state index contributed by atoms with van der Waals surface area (Å²) in [5, 5.41) is 0. The van der Waals surface area contributed by atoms with E-state index in [2.05, 4.69) is 0 Å². The Kier molecular flexibility index (Phi) is 4.68. The lowest BCUT2D eigenvalue weighted by Crippen LogP contribution is -2.30. The minimum atomic E-state index is -4.13. The Labute approximate surface area is 97.6 Å². The molecule has 1 aromatic rings. The number of rotatable bonds is 4. The van der Waals surface area contributed by atoms with Gasteiger partial charge in [0.2, 0.25) is 0 Å². The van der Waals surface area contributed by atoms with Gasteiger partial charge in [-0.25, -0.2) is 0 Å². The molecule has 16 heavy (non-hydrogen) atoms. The molecule has 0 aliphatic heterocycles. The minimum absolute atomic E-state index is 0.314. The molecule has 1 aromatic carbocycles. The lowest BCUT2D eigenvalue weighted by molar-refractivity contribution is -0.144. The van der Waals surface area contributed by atoms with Crippen molar-refractivity contribution < 1.29 is 13.2 Å². The fourth-order valence-corrected chi connectivity index (χ4v) is 1.81. The van der Waals surface area contributed by atoms with E-state index in [0.29, 0.717) is 6.54 Å². The highest BCUT2D eigenvalue weighted by molar-refractivity contribution is 7.98. The first kappa shape index (κ1) is 13.4. The fraction of sp³-hybridized carbons (Fsp3) is 0.455. The van der Waals surface area contributed by atoms with E-state index in [1.165, 1.54) is 11.9 Å². The van der Waals surface area contributed by atoms with Crippen molar-refractivity contribution in [1.29, 1.82) is 0 Å². The molecular weight excluding hydrogens is 235 g/mol. The van der Waals surface area contributed by atoms with Crippen LogP contribution in [0, 0.1) is 0 Å². The number of hydrogen-bond acceptors (Lipinski definition) is 2. The van der Waals surface area contributed by atoms with Crippen LogP contribution >= 0.6 is 11.8 Å². The van der Waals surface area contributed by atoms with Crippen LogP contribution in [-0.2, 0) is 6.54 Å². The van der Waals surface area contributed by atoms with Gasteiger partial charge in [-0.05, 0) is 31.0 Å². The minimum Gasteiger partial charge on any atom is -0.294 e. The molecule has 1 nitrogen and oxygen atoms in total. The SMILES string of the molecule is CSc1ccc(CN(C)CC(F)(F)F)cc1. The van der Waals surface area contributed by atoms with Gasteiger partial charge >= 0.3 is 6.18 Å². The Morgan fingerprint density at radius 3 is 2.19 bits per heavy atom. The van der Waals surface area contributed by atoms with Gasteiger partial charge in [-0.2, -0.15) is 13.2 Å². The van der Waals surface area contributed by atoms with Crippen molar-refractivity contribution in [3.63, 3.8) is 0 Å². The average Bonchev–Trinajstić information content (AvgIpc) is 2.16. The lowest BCUT2D eigenvalue weighted by atomic mass is 10.2. The molecule has 0 aliphatic rings. The zero-order chi connectivity index (χ0) is 12.2.